The molecule has 0 aliphatic carbocycles. The first kappa shape index (κ1) is 14.7. The molecule has 1 aliphatic rings. The molecule has 100 valence electrons. The van der Waals surface area contributed by atoms with Gasteiger partial charge in [0.15, 0.2) is 0 Å². The van der Waals surface area contributed by atoms with Gasteiger partial charge in [0.25, 0.3) is 0 Å². The van der Waals surface area contributed by atoms with Gasteiger partial charge in [-0.05, 0) is 5.56 Å². The molecular formula is C15H23NO2. The monoisotopic (exact) mass is 249 g/mol. The van der Waals surface area contributed by atoms with Crippen molar-refractivity contribution < 1.29 is 9.53 Å². The van der Waals surface area contributed by atoms with Gasteiger partial charge in [0.2, 0.25) is 5.91 Å². The third-order valence-electron chi connectivity index (χ3n) is 2.89. The van der Waals surface area contributed by atoms with Crippen LogP contribution in [0.5, 0.6) is 0 Å². The van der Waals surface area contributed by atoms with Crippen LogP contribution in [0.25, 0.3) is 0 Å². The van der Waals surface area contributed by atoms with Crippen molar-refractivity contribution in [3.05, 3.63) is 35.9 Å². The molecule has 3 nitrogen and oxygen atoms in total. The Labute approximate surface area is 110 Å². The van der Waals surface area contributed by atoms with Crippen LogP contribution in [-0.4, -0.2) is 36.6 Å². The SMILES string of the molecule is CC.CC(=O)N1CCOC(Cc2ccccc2)C1. The van der Waals surface area contributed by atoms with Gasteiger partial charge in [-0.3, -0.25) is 4.79 Å². The highest BCUT2D eigenvalue weighted by atomic mass is 16.5. The van der Waals surface area contributed by atoms with E-state index >= 15 is 0 Å². The Morgan fingerprint density at radius 1 is 1.33 bits per heavy atom. The number of hydrogen-bond donors (Lipinski definition) is 0. The number of nitrogens with zero attached hydrogens (tertiary/aromatic N) is 1. The number of benzene rings is 1. The van der Waals surface area contributed by atoms with E-state index in [0.29, 0.717) is 13.2 Å². The van der Waals surface area contributed by atoms with Crippen LogP contribution in [0.3, 0.4) is 0 Å². The lowest BCUT2D eigenvalue weighted by atomic mass is 10.1. The van der Waals surface area contributed by atoms with Crippen molar-refractivity contribution in [1.29, 1.82) is 0 Å². The summed E-state index contributed by atoms with van der Waals surface area (Å²) in [6.07, 6.45) is 1.02. The molecule has 1 atom stereocenters. The Kier molecular flexibility index (Phi) is 6.44. The maximum atomic E-state index is 11.3. The predicted octanol–water partition coefficient (Wildman–Crippen LogP) is 2.50. The molecule has 1 fully saturated rings. The molecule has 1 saturated heterocycles. The summed E-state index contributed by atoms with van der Waals surface area (Å²) in [5.41, 5.74) is 1.26. The van der Waals surface area contributed by atoms with E-state index in [2.05, 4.69) is 12.1 Å². The second kappa shape index (κ2) is 7.88. The first-order chi connectivity index (χ1) is 8.75. The van der Waals surface area contributed by atoms with Gasteiger partial charge < -0.3 is 9.64 Å². The maximum absolute atomic E-state index is 11.3. The number of morpholine rings is 1. The summed E-state index contributed by atoms with van der Waals surface area (Å²) in [5, 5.41) is 0. The van der Waals surface area contributed by atoms with Crippen molar-refractivity contribution in [2.75, 3.05) is 19.7 Å². The van der Waals surface area contributed by atoms with Crippen LogP contribution in [0, 0.1) is 0 Å². The molecule has 1 aromatic carbocycles. The van der Waals surface area contributed by atoms with E-state index in [4.69, 9.17) is 4.74 Å². The Hall–Kier alpha value is -1.35. The predicted molar refractivity (Wildman–Crippen MR) is 73.5 cm³/mol. The summed E-state index contributed by atoms with van der Waals surface area (Å²) in [5.74, 6) is 0.140. The van der Waals surface area contributed by atoms with Crippen molar-refractivity contribution >= 4 is 5.91 Å². The molecule has 3 heteroatoms. The van der Waals surface area contributed by atoms with Crippen molar-refractivity contribution in [3.8, 4) is 0 Å². The molecule has 1 aromatic rings. The van der Waals surface area contributed by atoms with Crippen LogP contribution in [0.4, 0.5) is 0 Å². The highest BCUT2D eigenvalue weighted by Gasteiger charge is 2.21. The Morgan fingerprint density at radius 2 is 2.00 bits per heavy atom. The van der Waals surface area contributed by atoms with Gasteiger partial charge in [-0.25, -0.2) is 0 Å². The van der Waals surface area contributed by atoms with Gasteiger partial charge in [-0.15, -0.1) is 0 Å². The molecule has 2 rings (SSSR count). The molecule has 0 N–H and O–H groups in total. The number of amides is 1. The standard InChI is InChI=1S/C13H17NO2.C2H6/c1-11(15)14-7-8-16-13(10-14)9-12-5-3-2-4-6-12;1-2/h2-6,13H,7-10H2,1H3;1-2H3. The van der Waals surface area contributed by atoms with Crippen molar-refractivity contribution in [1.82, 2.24) is 4.90 Å². The number of rotatable bonds is 2. The van der Waals surface area contributed by atoms with Gasteiger partial charge in [0, 0.05) is 26.4 Å². The summed E-state index contributed by atoms with van der Waals surface area (Å²) in [4.78, 5) is 13.1. The second-order valence-electron chi connectivity index (χ2n) is 4.15. The summed E-state index contributed by atoms with van der Waals surface area (Å²) < 4.78 is 5.67. The Morgan fingerprint density at radius 3 is 2.61 bits per heavy atom. The minimum atomic E-state index is 0.139. The van der Waals surface area contributed by atoms with E-state index in [9.17, 15) is 4.79 Å². The van der Waals surface area contributed by atoms with Gasteiger partial charge in [0.05, 0.1) is 12.7 Å². The quantitative estimate of drug-likeness (QED) is 0.806. The summed E-state index contributed by atoms with van der Waals surface area (Å²) in [6.45, 7) is 7.70. The molecule has 18 heavy (non-hydrogen) atoms. The summed E-state index contributed by atoms with van der Waals surface area (Å²) >= 11 is 0. The molecule has 0 radical (unpaired) electrons. The highest BCUT2D eigenvalue weighted by Crippen LogP contribution is 2.11. The molecule has 0 aromatic heterocycles. The fourth-order valence-corrected chi connectivity index (χ4v) is 2.01. The highest BCUT2D eigenvalue weighted by molar-refractivity contribution is 5.73. The van der Waals surface area contributed by atoms with Crippen LogP contribution in [0.2, 0.25) is 0 Å². The lowest BCUT2D eigenvalue weighted by Crippen LogP contribution is -2.45. The lowest BCUT2D eigenvalue weighted by molar-refractivity contribution is -0.136. The molecule has 1 unspecified atom stereocenters. The maximum Gasteiger partial charge on any atom is 0.219 e. The first-order valence-electron chi connectivity index (χ1n) is 6.67. The van der Waals surface area contributed by atoms with Crippen LogP contribution in [0.1, 0.15) is 26.3 Å². The van der Waals surface area contributed by atoms with E-state index in [1.165, 1.54) is 5.56 Å². The third-order valence-corrected chi connectivity index (χ3v) is 2.89. The zero-order valence-corrected chi connectivity index (χ0v) is 11.6. The minimum Gasteiger partial charge on any atom is -0.374 e. The average Bonchev–Trinajstić information content (AvgIpc) is 2.42. The third kappa shape index (κ3) is 4.49. The Balaban J connectivity index is 0.000000771. The first-order valence-corrected chi connectivity index (χ1v) is 6.67. The van der Waals surface area contributed by atoms with Crippen LogP contribution in [0.15, 0.2) is 30.3 Å². The molecule has 1 heterocycles. The van der Waals surface area contributed by atoms with E-state index in [0.717, 1.165) is 13.0 Å². The lowest BCUT2D eigenvalue weighted by Gasteiger charge is -2.32. The molecule has 1 amide bonds. The second-order valence-corrected chi connectivity index (χ2v) is 4.15. The van der Waals surface area contributed by atoms with Gasteiger partial charge in [0.1, 0.15) is 0 Å². The van der Waals surface area contributed by atoms with E-state index in [1.807, 2.05) is 36.9 Å². The van der Waals surface area contributed by atoms with E-state index in [1.54, 1.807) is 6.92 Å². The smallest absolute Gasteiger partial charge is 0.219 e. The average molecular weight is 249 g/mol. The Bertz CT molecular complexity index is 351. The van der Waals surface area contributed by atoms with Gasteiger partial charge >= 0.3 is 0 Å². The van der Waals surface area contributed by atoms with Crippen molar-refractivity contribution in [2.45, 2.75) is 33.3 Å². The molecular weight excluding hydrogens is 226 g/mol. The van der Waals surface area contributed by atoms with Crippen LogP contribution < -0.4 is 0 Å². The van der Waals surface area contributed by atoms with Gasteiger partial charge in [-0.2, -0.15) is 0 Å². The topological polar surface area (TPSA) is 29.5 Å². The zero-order chi connectivity index (χ0) is 13.4. The minimum absolute atomic E-state index is 0.139. The molecule has 1 aliphatic heterocycles. The number of carbonyl (C=O) groups is 1. The van der Waals surface area contributed by atoms with Crippen LogP contribution >= 0.6 is 0 Å². The number of hydrogen-bond acceptors (Lipinski definition) is 2. The van der Waals surface area contributed by atoms with Crippen LogP contribution in [-0.2, 0) is 16.0 Å². The molecule has 0 bridgehead atoms. The van der Waals surface area contributed by atoms with Crippen molar-refractivity contribution in [2.24, 2.45) is 0 Å². The fraction of sp³-hybridized carbons (Fsp3) is 0.533. The zero-order valence-electron chi connectivity index (χ0n) is 11.6. The van der Waals surface area contributed by atoms with E-state index in [-0.39, 0.29) is 12.0 Å². The largest absolute Gasteiger partial charge is 0.374 e. The number of ether oxygens (including phenoxy) is 1. The molecule has 0 spiro atoms. The number of carbonyl (C=O) groups excluding carboxylic acids is 1. The van der Waals surface area contributed by atoms with Gasteiger partial charge in [-0.1, -0.05) is 44.2 Å². The molecule has 0 saturated carbocycles. The van der Waals surface area contributed by atoms with Crippen molar-refractivity contribution in [3.63, 3.8) is 0 Å². The normalized spacial score (nSPS) is 18.8. The summed E-state index contributed by atoms with van der Waals surface area (Å²) in [6, 6.07) is 10.3. The fourth-order valence-electron chi connectivity index (χ4n) is 2.01. The van der Waals surface area contributed by atoms with E-state index < -0.39 is 0 Å². The summed E-state index contributed by atoms with van der Waals surface area (Å²) in [7, 11) is 0.